The van der Waals surface area contributed by atoms with Crippen LogP contribution in [0.5, 0.6) is 5.75 Å². The van der Waals surface area contributed by atoms with Crippen molar-refractivity contribution < 1.29 is 19.1 Å². The monoisotopic (exact) mass is 611 g/mol. The molecule has 0 aliphatic heterocycles. The Hall–Kier alpha value is -3.08. The van der Waals surface area contributed by atoms with Gasteiger partial charge in [0.15, 0.2) is 5.11 Å². The number of hydrogen-bond acceptors (Lipinski definition) is 7. The van der Waals surface area contributed by atoms with Crippen LogP contribution in [0.25, 0.3) is 0 Å². The Labute approximate surface area is 255 Å². The fourth-order valence-electron chi connectivity index (χ4n) is 4.84. The standard InChI is InChI=1S/C31H37N3O4S3/c1-6-38-29(36)27-22-15-14-19(31(2,3)4)16-25(22)41-28(27)34-26(35)18-40-21-11-9-10-20(17-21)32-30(39)33-23-12-7-8-13-24(23)37-5/h7-13,17,19H,6,14-16,18H2,1-5H3,(H,34,35)(H2,32,33,39). The number of benzene rings is 2. The van der Waals surface area contributed by atoms with Crippen molar-refractivity contribution in [3.8, 4) is 5.75 Å². The maximum atomic E-state index is 13.0. The van der Waals surface area contributed by atoms with Crippen molar-refractivity contribution in [1.82, 2.24) is 0 Å². The Balaban J connectivity index is 1.39. The molecule has 0 saturated heterocycles. The fraction of sp³-hybridized carbons (Fsp3) is 0.387. The molecule has 1 heterocycles. The first kappa shape index (κ1) is 30.9. The lowest BCUT2D eigenvalue weighted by Gasteiger charge is -2.33. The van der Waals surface area contributed by atoms with Crippen molar-refractivity contribution in [2.75, 3.05) is 35.4 Å². The minimum atomic E-state index is -0.362. The summed E-state index contributed by atoms with van der Waals surface area (Å²) < 4.78 is 10.7. The largest absolute Gasteiger partial charge is 0.495 e. The maximum absolute atomic E-state index is 13.0. The molecular formula is C31H37N3O4S3. The van der Waals surface area contributed by atoms with Gasteiger partial charge in [0.25, 0.3) is 0 Å². The first-order valence-corrected chi connectivity index (χ1v) is 15.9. The molecule has 1 aromatic heterocycles. The summed E-state index contributed by atoms with van der Waals surface area (Å²) in [4.78, 5) is 28.0. The third kappa shape index (κ3) is 8.02. The molecule has 7 nitrogen and oxygen atoms in total. The first-order valence-electron chi connectivity index (χ1n) is 13.6. The predicted octanol–water partition coefficient (Wildman–Crippen LogP) is 7.62. The number of carbonyl (C=O) groups excluding carboxylic acids is 2. The van der Waals surface area contributed by atoms with Crippen molar-refractivity contribution in [1.29, 1.82) is 0 Å². The molecule has 0 saturated carbocycles. The van der Waals surface area contributed by atoms with Crippen LogP contribution >= 0.6 is 35.3 Å². The lowest BCUT2D eigenvalue weighted by Crippen LogP contribution is -2.26. The van der Waals surface area contributed by atoms with E-state index in [4.69, 9.17) is 21.7 Å². The number of thioether (sulfide) groups is 1. The Morgan fingerprint density at radius 3 is 2.61 bits per heavy atom. The molecule has 4 rings (SSSR count). The van der Waals surface area contributed by atoms with E-state index in [1.165, 1.54) is 28.0 Å². The molecule has 1 unspecified atom stereocenters. The second-order valence-corrected chi connectivity index (χ2v) is 13.4. The number of thiophene rings is 1. The minimum absolute atomic E-state index is 0.168. The number of hydrogen-bond donors (Lipinski definition) is 3. The molecule has 3 N–H and O–H groups in total. The number of thiocarbonyl (C=S) groups is 1. The second-order valence-electron chi connectivity index (χ2n) is 10.9. The van der Waals surface area contributed by atoms with Crippen LogP contribution in [0.1, 0.15) is 54.9 Å². The normalized spacial score (nSPS) is 14.5. The van der Waals surface area contributed by atoms with Crippen LogP contribution in [0.4, 0.5) is 16.4 Å². The average Bonchev–Trinajstić information content (AvgIpc) is 3.29. The quantitative estimate of drug-likeness (QED) is 0.129. The summed E-state index contributed by atoms with van der Waals surface area (Å²) in [6.07, 6.45) is 2.75. The lowest BCUT2D eigenvalue weighted by molar-refractivity contribution is -0.113. The third-order valence-corrected chi connectivity index (χ3v) is 9.41. The molecule has 41 heavy (non-hydrogen) atoms. The van der Waals surface area contributed by atoms with Gasteiger partial charge >= 0.3 is 5.97 Å². The lowest BCUT2D eigenvalue weighted by atomic mass is 9.72. The van der Waals surface area contributed by atoms with Gasteiger partial charge in [-0.1, -0.05) is 39.0 Å². The molecule has 218 valence electrons. The van der Waals surface area contributed by atoms with Gasteiger partial charge in [-0.15, -0.1) is 23.1 Å². The van der Waals surface area contributed by atoms with E-state index in [0.29, 0.717) is 34.0 Å². The topological polar surface area (TPSA) is 88.7 Å². The van der Waals surface area contributed by atoms with Crippen molar-refractivity contribution in [3.05, 3.63) is 64.5 Å². The zero-order valence-corrected chi connectivity index (χ0v) is 26.5. The summed E-state index contributed by atoms with van der Waals surface area (Å²) >= 11 is 8.41. The number of esters is 1. The van der Waals surface area contributed by atoms with Crippen molar-refractivity contribution in [2.45, 2.75) is 51.9 Å². The van der Waals surface area contributed by atoms with Gasteiger partial charge in [-0.2, -0.15) is 0 Å². The molecule has 0 fully saturated rings. The number of ether oxygens (including phenoxy) is 2. The van der Waals surface area contributed by atoms with Gasteiger partial charge in [-0.3, -0.25) is 4.79 Å². The van der Waals surface area contributed by atoms with E-state index in [9.17, 15) is 9.59 Å². The summed E-state index contributed by atoms with van der Waals surface area (Å²) in [6, 6.07) is 15.2. The molecular weight excluding hydrogens is 575 g/mol. The number of rotatable bonds is 9. The number of methoxy groups -OCH3 is 1. The second kappa shape index (κ2) is 13.7. The Morgan fingerprint density at radius 1 is 1.10 bits per heavy atom. The van der Waals surface area contributed by atoms with Crippen molar-refractivity contribution >= 4 is 68.7 Å². The zero-order valence-electron chi connectivity index (χ0n) is 24.1. The highest BCUT2D eigenvalue weighted by atomic mass is 32.2. The van der Waals surface area contributed by atoms with E-state index in [-0.39, 0.29) is 23.0 Å². The number of para-hydroxylation sites is 2. The van der Waals surface area contributed by atoms with Crippen molar-refractivity contribution in [3.63, 3.8) is 0 Å². The number of nitrogens with one attached hydrogen (secondary N) is 3. The van der Waals surface area contributed by atoms with Gasteiger partial charge in [-0.05, 0) is 85.6 Å². The summed E-state index contributed by atoms with van der Waals surface area (Å²) in [5.41, 5.74) is 3.31. The molecule has 1 atom stereocenters. The van der Waals surface area contributed by atoms with E-state index in [1.54, 1.807) is 14.0 Å². The SMILES string of the molecule is CCOC(=O)c1c(NC(=O)CSc2cccc(NC(=S)Nc3ccccc3OC)c2)sc2c1CCC(C(C)(C)C)C2. The third-order valence-electron chi connectivity index (χ3n) is 7.04. The van der Waals surface area contributed by atoms with Gasteiger partial charge in [0.05, 0.1) is 30.7 Å². The molecule has 0 spiro atoms. The molecule has 3 aromatic rings. The fourth-order valence-corrected chi connectivity index (χ4v) is 7.15. The molecule has 1 amide bonds. The smallest absolute Gasteiger partial charge is 0.341 e. The minimum Gasteiger partial charge on any atom is -0.495 e. The Morgan fingerprint density at radius 2 is 1.88 bits per heavy atom. The van der Waals surface area contributed by atoms with Crippen LogP contribution in [0.2, 0.25) is 0 Å². The van der Waals surface area contributed by atoms with Gasteiger partial charge in [0.2, 0.25) is 5.91 Å². The molecule has 10 heteroatoms. The number of amides is 1. The predicted molar refractivity (Wildman–Crippen MR) is 174 cm³/mol. The van der Waals surface area contributed by atoms with E-state index in [2.05, 4.69) is 36.7 Å². The summed E-state index contributed by atoms with van der Waals surface area (Å²) in [6.45, 7) is 8.87. The highest BCUT2D eigenvalue weighted by Gasteiger charge is 2.34. The molecule has 0 radical (unpaired) electrons. The highest BCUT2D eigenvalue weighted by Crippen LogP contribution is 2.44. The molecule has 2 aromatic carbocycles. The van der Waals surface area contributed by atoms with Crippen LogP contribution in [0.3, 0.4) is 0 Å². The maximum Gasteiger partial charge on any atom is 0.341 e. The van der Waals surface area contributed by atoms with Crippen LogP contribution in [0, 0.1) is 11.3 Å². The number of anilines is 3. The zero-order chi connectivity index (χ0) is 29.6. The molecule has 1 aliphatic rings. The van der Waals surface area contributed by atoms with Crippen LogP contribution < -0.4 is 20.7 Å². The number of fused-ring (bicyclic) bond motifs is 1. The average molecular weight is 612 g/mol. The molecule has 1 aliphatic carbocycles. The van der Waals surface area contributed by atoms with Crippen molar-refractivity contribution in [2.24, 2.45) is 11.3 Å². The van der Waals surface area contributed by atoms with E-state index in [1.807, 2.05) is 48.5 Å². The highest BCUT2D eigenvalue weighted by molar-refractivity contribution is 8.00. The van der Waals surface area contributed by atoms with Gasteiger partial charge < -0.3 is 25.4 Å². The molecule has 0 bridgehead atoms. The van der Waals surface area contributed by atoms with E-state index >= 15 is 0 Å². The van der Waals surface area contributed by atoms with Gasteiger partial charge in [-0.25, -0.2) is 4.79 Å². The number of carbonyl (C=O) groups is 2. The first-order chi connectivity index (χ1) is 19.6. The van der Waals surface area contributed by atoms with Gasteiger partial charge in [0.1, 0.15) is 10.8 Å². The summed E-state index contributed by atoms with van der Waals surface area (Å²) in [5, 5.41) is 10.4. The van der Waals surface area contributed by atoms with Crippen LogP contribution in [-0.2, 0) is 22.4 Å². The summed E-state index contributed by atoms with van der Waals surface area (Å²) in [5.74, 6) is 0.889. The Bertz CT molecular complexity index is 1410. The van der Waals surface area contributed by atoms with Gasteiger partial charge in [0, 0.05) is 15.5 Å². The Kier molecular flexibility index (Phi) is 10.3. The van der Waals surface area contributed by atoms with E-state index in [0.717, 1.165) is 41.1 Å². The van der Waals surface area contributed by atoms with Crippen LogP contribution in [0.15, 0.2) is 53.4 Å². The van der Waals surface area contributed by atoms with Crippen LogP contribution in [-0.4, -0.2) is 36.5 Å². The summed E-state index contributed by atoms with van der Waals surface area (Å²) in [7, 11) is 1.61. The van der Waals surface area contributed by atoms with E-state index < -0.39 is 0 Å².